The number of carbonyl (C=O) groups is 1. The minimum atomic E-state index is -0.916. The third-order valence-corrected chi connectivity index (χ3v) is 5.51. The SMILES string of the molecule is Cc1cn([C@H]2C[C@H](O)[C@@H](CO)O2)c(=O)n(CCNCCNC(=O)c2ccc(F)c(C#N)c2)c1=O. The van der Waals surface area contributed by atoms with Crippen molar-refractivity contribution >= 4 is 5.91 Å². The molecule has 1 saturated heterocycles. The second kappa shape index (κ2) is 11.2. The Kier molecular flexibility index (Phi) is 8.30. The van der Waals surface area contributed by atoms with Gasteiger partial charge in [-0.1, -0.05) is 0 Å². The van der Waals surface area contributed by atoms with E-state index < -0.39 is 41.4 Å². The average Bonchev–Trinajstić information content (AvgIpc) is 3.20. The number of aryl methyl sites for hydroxylation is 1. The van der Waals surface area contributed by atoms with Gasteiger partial charge in [0.1, 0.15) is 24.2 Å². The van der Waals surface area contributed by atoms with Crippen LogP contribution < -0.4 is 21.9 Å². The molecule has 1 aromatic heterocycles. The number of halogens is 1. The van der Waals surface area contributed by atoms with Crippen LogP contribution in [0.4, 0.5) is 4.39 Å². The smallest absolute Gasteiger partial charge is 0.333 e. The van der Waals surface area contributed by atoms with Crippen LogP contribution >= 0.6 is 0 Å². The predicted molar refractivity (Wildman–Crippen MR) is 118 cm³/mol. The van der Waals surface area contributed by atoms with E-state index in [-0.39, 0.29) is 43.8 Å². The zero-order valence-electron chi connectivity index (χ0n) is 18.5. The summed E-state index contributed by atoms with van der Waals surface area (Å²) in [5.74, 6) is -1.16. The van der Waals surface area contributed by atoms with Crippen molar-refractivity contribution in [2.24, 2.45) is 0 Å². The second-order valence-corrected chi connectivity index (χ2v) is 7.89. The standard InChI is InChI=1S/C22H26FN5O6/c1-13-11-28(19-9-17(30)18(12-29)34-19)22(33)27(21(13)32)7-6-25-4-5-26-20(31)14-2-3-16(23)15(8-14)10-24/h2-3,8,11,17-19,25,29-30H,4-7,9,12H2,1H3,(H,26,31)/t17-,18+,19+/m0/s1. The van der Waals surface area contributed by atoms with Gasteiger partial charge in [-0.2, -0.15) is 5.26 Å². The molecule has 1 amide bonds. The summed E-state index contributed by atoms with van der Waals surface area (Å²) in [6.45, 7) is 2.07. The van der Waals surface area contributed by atoms with Crippen LogP contribution in [0.5, 0.6) is 0 Å². The number of ether oxygens (including phenoxy) is 1. The van der Waals surface area contributed by atoms with Crippen LogP contribution in [0.25, 0.3) is 0 Å². The van der Waals surface area contributed by atoms with Crippen molar-refractivity contribution in [3.05, 3.63) is 67.7 Å². The highest BCUT2D eigenvalue weighted by Gasteiger charge is 2.35. The number of hydrogen-bond acceptors (Lipinski definition) is 8. The summed E-state index contributed by atoms with van der Waals surface area (Å²) in [6, 6.07) is 5.18. The van der Waals surface area contributed by atoms with E-state index in [4.69, 9.17) is 10.00 Å². The summed E-state index contributed by atoms with van der Waals surface area (Å²) in [7, 11) is 0. The van der Waals surface area contributed by atoms with Gasteiger partial charge in [0, 0.05) is 49.9 Å². The van der Waals surface area contributed by atoms with Crippen LogP contribution in [0.15, 0.2) is 34.0 Å². The summed E-state index contributed by atoms with van der Waals surface area (Å²) >= 11 is 0. The lowest BCUT2D eigenvalue weighted by molar-refractivity contribution is -0.0463. The molecule has 1 aliphatic heterocycles. The summed E-state index contributed by atoms with van der Waals surface area (Å²) in [5, 5.41) is 33.7. The van der Waals surface area contributed by atoms with Crippen molar-refractivity contribution in [3.8, 4) is 6.07 Å². The molecule has 2 heterocycles. The van der Waals surface area contributed by atoms with Gasteiger partial charge in [0.15, 0.2) is 0 Å². The Morgan fingerprint density at radius 2 is 2.09 bits per heavy atom. The van der Waals surface area contributed by atoms with Crippen molar-refractivity contribution in [1.82, 2.24) is 19.8 Å². The van der Waals surface area contributed by atoms with Crippen molar-refractivity contribution in [2.75, 3.05) is 26.2 Å². The lowest BCUT2D eigenvalue weighted by Gasteiger charge is -2.17. The Bertz CT molecular complexity index is 1200. The van der Waals surface area contributed by atoms with Gasteiger partial charge < -0.3 is 25.6 Å². The minimum Gasteiger partial charge on any atom is -0.394 e. The molecular weight excluding hydrogens is 449 g/mol. The molecule has 1 aliphatic rings. The first-order valence-electron chi connectivity index (χ1n) is 10.7. The summed E-state index contributed by atoms with van der Waals surface area (Å²) in [5.41, 5.74) is -0.769. The lowest BCUT2D eigenvalue weighted by Crippen LogP contribution is -2.44. The molecule has 12 heteroatoms. The number of carbonyl (C=O) groups excluding carboxylic acids is 1. The number of amides is 1. The van der Waals surface area contributed by atoms with Gasteiger partial charge in [-0.3, -0.25) is 18.7 Å². The number of aromatic nitrogens is 2. The van der Waals surface area contributed by atoms with Gasteiger partial charge in [-0.25, -0.2) is 9.18 Å². The van der Waals surface area contributed by atoms with Crippen LogP contribution in [0.1, 0.15) is 34.1 Å². The molecular formula is C22H26FN5O6. The third kappa shape index (κ3) is 5.57. The molecule has 1 fully saturated rings. The number of nitrogens with zero attached hydrogens (tertiary/aromatic N) is 3. The summed E-state index contributed by atoms with van der Waals surface area (Å²) < 4.78 is 21.2. The fourth-order valence-electron chi connectivity index (χ4n) is 3.65. The molecule has 4 N–H and O–H groups in total. The largest absolute Gasteiger partial charge is 0.394 e. The highest BCUT2D eigenvalue weighted by Crippen LogP contribution is 2.27. The molecule has 0 saturated carbocycles. The number of rotatable bonds is 9. The van der Waals surface area contributed by atoms with Gasteiger partial charge >= 0.3 is 5.69 Å². The van der Waals surface area contributed by atoms with Crippen molar-refractivity contribution in [3.63, 3.8) is 0 Å². The molecule has 182 valence electrons. The lowest BCUT2D eigenvalue weighted by atomic mass is 10.1. The third-order valence-electron chi connectivity index (χ3n) is 5.51. The Morgan fingerprint density at radius 1 is 1.32 bits per heavy atom. The zero-order chi connectivity index (χ0) is 24.8. The maximum atomic E-state index is 13.4. The molecule has 34 heavy (non-hydrogen) atoms. The normalized spacial score (nSPS) is 19.7. The van der Waals surface area contributed by atoms with E-state index in [1.807, 2.05) is 0 Å². The van der Waals surface area contributed by atoms with Crippen molar-refractivity contribution < 1.29 is 24.1 Å². The number of nitriles is 1. The van der Waals surface area contributed by atoms with E-state index in [0.717, 1.165) is 10.6 Å². The Morgan fingerprint density at radius 3 is 2.76 bits per heavy atom. The number of nitrogens with one attached hydrogen (secondary N) is 2. The van der Waals surface area contributed by atoms with Crippen LogP contribution in [0.2, 0.25) is 0 Å². The van der Waals surface area contributed by atoms with Gasteiger partial charge in [-0.15, -0.1) is 0 Å². The number of aliphatic hydroxyl groups excluding tert-OH is 2. The maximum Gasteiger partial charge on any atom is 0.333 e. The van der Waals surface area contributed by atoms with E-state index in [1.165, 1.54) is 22.9 Å². The zero-order valence-corrected chi connectivity index (χ0v) is 18.5. The van der Waals surface area contributed by atoms with Gasteiger partial charge in [0.2, 0.25) is 0 Å². The van der Waals surface area contributed by atoms with Crippen LogP contribution in [0, 0.1) is 24.1 Å². The maximum absolute atomic E-state index is 13.4. The van der Waals surface area contributed by atoms with E-state index in [9.17, 15) is 29.0 Å². The first kappa shape index (κ1) is 25.3. The predicted octanol–water partition coefficient (Wildman–Crippen LogP) is -1.01. The van der Waals surface area contributed by atoms with Crippen LogP contribution in [-0.2, 0) is 11.3 Å². The molecule has 2 aromatic rings. The molecule has 0 spiro atoms. The van der Waals surface area contributed by atoms with Gasteiger partial charge in [-0.05, 0) is 25.1 Å². The molecule has 0 unspecified atom stereocenters. The van der Waals surface area contributed by atoms with Gasteiger partial charge in [0.05, 0.1) is 18.3 Å². The van der Waals surface area contributed by atoms with E-state index in [2.05, 4.69) is 10.6 Å². The molecule has 3 atom stereocenters. The van der Waals surface area contributed by atoms with E-state index in [0.29, 0.717) is 12.1 Å². The highest BCUT2D eigenvalue weighted by atomic mass is 19.1. The Labute approximate surface area is 194 Å². The first-order chi connectivity index (χ1) is 16.3. The van der Waals surface area contributed by atoms with Crippen molar-refractivity contribution in [2.45, 2.75) is 38.3 Å². The topological polar surface area (TPSA) is 159 Å². The fraction of sp³-hybridized carbons (Fsp3) is 0.455. The van der Waals surface area contributed by atoms with Crippen LogP contribution in [0.3, 0.4) is 0 Å². The average molecular weight is 475 g/mol. The monoisotopic (exact) mass is 475 g/mol. The highest BCUT2D eigenvalue weighted by molar-refractivity contribution is 5.94. The molecule has 3 rings (SSSR count). The number of aliphatic hydroxyl groups is 2. The number of hydrogen-bond donors (Lipinski definition) is 4. The second-order valence-electron chi connectivity index (χ2n) is 7.89. The molecule has 0 radical (unpaired) electrons. The van der Waals surface area contributed by atoms with E-state index in [1.54, 1.807) is 13.0 Å². The minimum absolute atomic E-state index is 0.0650. The molecule has 1 aromatic carbocycles. The Hall–Kier alpha value is -3.37. The molecule has 0 aliphatic carbocycles. The summed E-state index contributed by atoms with van der Waals surface area (Å²) in [6.07, 6.45) is -1.00. The Balaban J connectivity index is 1.54. The first-order valence-corrected chi connectivity index (χ1v) is 10.7. The van der Waals surface area contributed by atoms with Crippen LogP contribution in [-0.4, -0.2) is 63.7 Å². The molecule has 11 nitrogen and oxygen atoms in total. The van der Waals surface area contributed by atoms with E-state index >= 15 is 0 Å². The fourth-order valence-corrected chi connectivity index (χ4v) is 3.65. The summed E-state index contributed by atoms with van der Waals surface area (Å²) in [4.78, 5) is 37.4. The number of benzene rings is 1. The van der Waals surface area contributed by atoms with Gasteiger partial charge in [0.25, 0.3) is 11.5 Å². The quantitative estimate of drug-likeness (QED) is 0.336. The molecule has 0 bridgehead atoms. The van der Waals surface area contributed by atoms with Crippen molar-refractivity contribution in [1.29, 1.82) is 5.26 Å².